The van der Waals surface area contributed by atoms with Crippen LogP contribution < -0.4 is 5.56 Å². The van der Waals surface area contributed by atoms with Crippen molar-refractivity contribution in [1.29, 1.82) is 0 Å². The first-order valence-electron chi connectivity index (χ1n) is 12.5. The van der Waals surface area contributed by atoms with E-state index in [0.717, 1.165) is 49.0 Å². The monoisotopic (exact) mass is 467 g/mol. The summed E-state index contributed by atoms with van der Waals surface area (Å²) in [7, 11) is 0. The lowest BCUT2D eigenvalue weighted by molar-refractivity contribution is 0.0955. The van der Waals surface area contributed by atoms with Gasteiger partial charge in [0.15, 0.2) is 11.3 Å². The van der Waals surface area contributed by atoms with Crippen LogP contribution in [-0.4, -0.2) is 36.8 Å². The lowest BCUT2D eigenvalue weighted by atomic mass is 10.1. The largest absolute Gasteiger partial charge is 0.376 e. The van der Waals surface area contributed by atoms with Crippen molar-refractivity contribution < 1.29 is 4.74 Å². The molecule has 0 bridgehead atoms. The summed E-state index contributed by atoms with van der Waals surface area (Å²) in [6, 6.07) is 16.3. The molecule has 1 fully saturated rings. The highest BCUT2D eigenvalue weighted by molar-refractivity contribution is 6.05. The number of para-hydroxylation sites is 2. The van der Waals surface area contributed by atoms with Crippen LogP contribution >= 0.6 is 0 Å². The number of ether oxygens (including phenoxy) is 1. The summed E-state index contributed by atoms with van der Waals surface area (Å²) in [5.41, 5.74) is 5.54. The topological polar surface area (TPSA) is 74.8 Å². The third-order valence-corrected chi connectivity index (χ3v) is 6.98. The zero-order chi connectivity index (χ0) is 23.9. The Hall–Kier alpha value is -3.58. The molecule has 0 N–H and O–H groups in total. The number of aryl methyl sites for hydroxylation is 2. The number of fused-ring (bicyclic) bond motifs is 4. The molecule has 1 atom stereocenters. The molecule has 1 unspecified atom stereocenters. The SMILES string of the molecule is CCCCc1ccc(-n2c3nc4ccccc4nc3c3c(=O)n(CC4CCCO4)c(C)nc32)cc1. The summed E-state index contributed by atoms with van der Waals surface area (Å²) in [6.07, 6.45) is 5.41. The van der Waals surface area contributed by atoms with E-state index in [0.29, 0.717) is 34.6 Å². The third kappa shape index (κ3) is 3.80. The molecule has 7 heteroatoms. The van der Waals surface area contributed by atoms with Crippen LogP contribution in [0.15, 0.2) is 53.3 Å². The van der Waals surface area contributed by atoms with Crippen LogP contribution in [0.1, 0.15) is 44.0 Å². The third-order valence-electron chi connectivity index (χ3n) is 6.98. The molecular weight excluding hydrogens is 438 g/mol. The number of nitrogens with zero attached hydrogens (tertiary/aromatic N) is 5. The maximum absolute atomic E-state index is 13.9. The molecule has 0 radical (unpaired) electrons. The molecule has 178 valence electrons. The van der Waals surface area contributed by atoms with E-state index in [4.69, 9.17) is 19.7 Å². The van der Waals surface area contributed by atoms with Crippen LogP contribution in [-0.2, 0) is 17.7 Å². The van der Waals surface area contributed by atoms with Crippen LogP contribution in [0, 0.1) is 6.92 Å². The van der Waals surface area contributed by atoms with E-state index in [9.17, 15) is 4.79 Å². The highest BCUT2D eigenvalue weighted by Gasteiger charge is 2.24. The predicted octanol–water partition coefficient (Wildman–Crippen LogP) is 5.11. The molecule has 3 aromatic heterocycles. The van der Waals surface area contributed by atoms with E-state index >= 15 is 0 Å². The number of rotatable bonds is 6. The average molecular weight is 468 g/mol. The summed E-state index contributed by atoms with van der Waals surface area (Å²) in [4.78, 5) is 28.7. The quantitative estimate of drug-likeness (QED) is 0.347. The Balaban J connectivity index is 1.62. The molecule has 0 saturated carbocycles. The minimum atomic E-state index is -0.0871. The normalized spacial score (nSPS) is 16.1. The zero-order valence-corrected chi connectivity index (χ0v) is 20.2. The zero-order valence-electron chi connectivity index (χ0n) is 20.2. The molecule has 6 rings (SSSR count). The Kier molecular flexibility index (Phi) is 5.57. The van der Waals surface area contributed by atoms with Crippen LogP contribution in [0.2, 0.25) is 0 Å². The van der Waals surface area contributed by atoms with Crippen LogP contribution in [0.3, 0.4) is 0 Å². The highest BCUT2D eigenvalue weighted by Crippen LogP contribution is 2.29. The molecular formula is C28H29N5O2. The highest BCUT2D eigenvalue weighted by atomic mass is 16.5. The molecule has 1 aliphatic rings. The van der Waals surface area contributed by atoms with Crippen molar-refractivity contribution in [2.24, 2.45) is 0 Å². The van der Waals surface area contributed by atoms with E-state index in [-0.39, 0.29) is 11.7 Å². The van der Waals surface area contributed by atoms with Crippen molar-refractivity contribution >= 4 is 33.2 Å². The fourth-order valence-electron chi connectivity index (χ4n) is 5.07. The standard InChI is InChI=1S/C28H29N5O2/c1-3-4-8-19-12-14-20(15-13-19)33-26-24(25-27(33)31-23-11-6-5-10-22(23)30-25)28(34)32(18(2)29-26)17-21-9-7-16-35-21/h5-6,10-15,21H,3-4,7-9,16-17H2,1-2H3. The van der Waals surface area contributed by atoms with E-state index in [1.165, 1.54) is 12.0 Å². The van der Waals surface area contributed by atoms with Gasteiger partial charge in [-0.2, -0.15) is 0 Å². The van der Waals surface area contributed by atoms with Gasteiger partial charge in [0, 0.05) is 12.3 Å². The van der Waals surface area contributed by atoms with Crippen molar-refractivity contribution in [3.05, 3.63) is 70.3 Å². The Morgan fingerprint density at radius 3 is 2.49 bits per heavy atom. The van der Waals surface area contributed by atoms with Gasteiger partial charge in [-0.1, -0.05) is 37.6 Å². The Morgan fingerprint density at radius 2 is 1.77 bits per heavy atom. The van der Waals surface area contributed by atoms with Crippen molar-refractivity contribution in [3.8, 4) is 5.69 Å². The first-order chi connectivity index (χ1) is 17.1. The van der Waals surface area contributed by atoms with Gasteiger partial charge in [0.25, 0.3) is 5.56 Å². The Morgan fingerprint density at radius 1 is 1.00 bits per heavy atom. The average Bonchev–Trinajstić information content (AvgIpc) is 3.50. The molecule has 4 heterocycles. The molecule has 1 saturated heterocycles. The lowest BCUT2D eigenvalue weighted by Gasteiger charge is -2.14. The first-order valence-corrected chi connectivity index (χ1v) is 12.5. The summed E-state index contributed by atoms with van der Waals surface area (Å²) in [5.74, 6) is 0.672. The summed E-state index contributed by atoms with van der Waals surface area (Å²) in [5, 5.41) is 0.511. The van der Waals surface area contributed by atoms with Gasteiger partial charge in [-0.3, -0.25) is 13.9 Å². The van der Waals surface area contributed by atoms with Gasteiger partial charge < -0.3 is 4.74 Å². The van der Waals surface area contributed by atoms with Crippen LogP contribution in [0.5, 0.6) is 0 Å². The molecule has 7 nitrogen and oxygen atoms in total. The molecule has 0 amide bonds. The van der Waals surface area contributed by atoms with Gasteiger partial charge in [-0.15, -0.1) is 0 Å². The number of unbranched alkanes of at least 4 members (excludes halogenated alkanes) is 1. The Bertz CT molecular complexity index is 1590. The minimum absolute atomic E-state index is 0.0431. The summed E-state index contributed by atoms with van der Waals surface area (Å²) < 4.78 is 9.54. The second-order valence-corrected chi connectivity index (χ2v) is 9.40. The number of aromatic nitrogens is 5. The van der Waals surface area contributed by atoms with Crippen molar-refractivity contribution in [3.63, 3.8) is 0 Å². The van der Waals surface area contributed by atoms with E-state index < -0.39 is 0 Å². The van der Waals surface area contributed by atoms with Crippen LogP contribution in [0.4, 0.5) is 0 Å². The molecule has 0 aliphatic carbocycles. The van der Waals surface area contributed by atoms with E-state index in [2.05, 4.69) is 31.2 Å². The molecule has 35 heavy (non-hydrogen) atoms. The smallest absolute Gasteiger partial charge is 0.265 e. The van der Waals surface area contributed by atoms with E-state index in [1.807, 2.05) is 35.8 Å². The number of benzene rings is 2. The maximum Gasteiger partial charge on any atom is 0.265 e. The maximum atomic E-state index is 13.9. The van der Waals surface area contributed by atoms with Gasteiger partial charge in [0.05, 0.1) is 23.7 Å². The molecule has 1 aliphatic heterocycles. The van der Waals surface area contributed by atoms with Gasteiger partial charge in [-0.25, -0.2) is 15.0 Å². The molecule has 2 aromatic carbocycles. The van der Waals surface area contributed by atoms with Crippen LogP contribution in [0.25, 0.3) is 38.9 Å². The fraction of sp³-hybridized carbons (Fsp3) is 0.357. The number of hydrogen-bond donors (Lipinski definition) is 0. The minimum Gasteiger partial charge on any atom is -0.376 e. The predicted molar refractivity (Wildman–Crippen MR) is 138 cm³/mol. The molecule has 0 spiro atoms. The van der Waals surface area contributed by atoms with E-state index in [1.54, 1.807) is 4.57 Å². The Labute approximate surface area is 203 Å². The van der Waals surface area contributed by atoms with Gasteiger partial charge in [0.2, 0.25) is 0 Å². The van der Waals surface area contributed by atoms with Gasteiger partial charge in [0.1, 0.15) is 16.7 Å². The van der Waals surface area contributed by atoms with Gasteiger partial charge >= 0.3 is 0 Å². The summed E-state index contributed by atoms with van der Waals surface area (Å²) in [6.45, 7) is 5.35. The van der Waals surface area contributed by atoms with Crippen molar-refractivity contribution in [2.45, 2.75) is 58.6 Å². The summed E-state index contributed by atoms with van der Waals surface area (Å²) >= 11 is 0. The molecule has 5 aromatic rings. The first kappa shape index (κ1) is 21.9. The van der Waals surface area contributed by atoms with Gasteiger partial charge in [-0.05, 0) is 62.4 Å². The fourth-order valence-corrected chi connectivity index (χ4v) is 5.07. The van der Waals surface area contributed by atoms with Crippen molar-refractivity contribution in [1.82, 2.24) is 24.1 Å². The number of hydrogen-bond acceptors (Lipinski definition) is 5. The second kappa shape index (κ2) is 8.89. The lowest BCUT2D eigenvalue weighted by Crippen LogP contribution is -2.29. The second-order valence-electron chi connectivity index (χ2n) is 9.40. The van der Waals surface area contributed by atoms with Crippen molar-refractivity contribution in [2.75, 3.05) is 6.61 Å².